The van der Waals surface area contributed by atoms with Gasteiger partial charge in [0.2, 0.25) is 0 Å². The van der Waals surface area contributed by atoms with Crippen molar-refractivity contribution < 1.29 is 0 Å². The van der Waals surface area contributed by atoms with E-state index < -0.39 is 0 Å². The number of rotatable bonds is 4. The quantitative estimate of drug-likeness (QED) is 0.673. The van der Waals surface area contributed by atoms with Gasteiger partial charge in [-0.15, -0.1) is 0 Å². The molecule has 1 aromatic heterocycles. The number of nitrogens with zero attached hydrogens (tertiary/aromatic N) is 2. The summed E-state index contributed by atoms with van der Waals surface area (Å²) in [5.74, 6) is 2.68. The molecule has 3 nitrogen and oxygen atoms in total. The Hall–Kier alpha value is -0.480. The minimum absolute atomic E-state index is 0.0900. The Balaban J connectivity index is 2.99. The Labute approximate surface area is 113 Å². The number of aromatic nitrogens is 2. The van der Waals surface area contributed by atoms with E-state index in [2.05, 4.69) is 42.3 Å². The van der Waals surface area contributed by atoms with Crippen LogP contribution in [-0.4, -0.2) is 28.5 Å². The van der Waals surface area contributed by atoms with E-state index in [4.69, 9.17) is 11.6 Å². The van der Waals surface area contributed by atoms with E-state index in [1.165, 1.54) is 0 Å². The van der Waals surface area contributed by atoms with Crippen LogP contribution in [0.5, 0.6) is 0 Å². The van der Waals surface area contributed by atoms with Crippen LogP contribution in [0, 0.1) is 6.92 Å². The molecular weight excluding hydrogens is 254 g/mol. The van der Waals surface area contributed by atoms with E-state index in [-0.39, 0.29) is 5.41 Å². The molecule has 1 heterocycles. The first-order valence-corrected chi connectivity index (χ1v) is 7.41. The van der Waals surface area contributed by atoms with Gasteiger partial charge < -0.3 is 5.32 Å². The molecular formula is C12H20ClN3S. The molecule has 0 bridgehead atoms. The molecule has 0 radical (unpaired) electrons. The third-order valence-electron chi connectivity index (χ3n) is 2.36. The van der Waals surface area contributed by atoms with Crippen LogP contribution in [0.25, 0.3) is 0 Å². The maximum absolute atomic E-state index is 6.14. The lowest BCUT2D eigenvalue weighted by Crippen LogP contribution is -2.19. The molecule has 0 spiro atoms. The van der Waals surface area contributed by atoms with Gasteiger partial charge in [-0.25, -0.2) is 9.97 Å². The van der Waals surface area contributed by atoms with Gasteiger partial charge in [-0.05, 0) is 13.2 Å². The van der Waals surface area contributed by atoms with Crippen molar-refractivity contribution in [2.24, 2.45) is 0 Å². The van der Waals surface area contributed by atoms with Gasteiger partial charge in [0.1, 0.15) is 16.8 Å². The molecule has 96 valence electrons. The van der Waals surface area contributed by atoms with Crippen molar-refractivity contribution in [1.29, 1.82) is 0 Å². The van der Waals surface area contributed by atoms with Crippen LogP contribution in [-0.2, 0) is 5.41 Å². The predicted molar refractivity (Wildman–Crippen MR) is 77.4 cm³/mol. The molecule has 1 rings (SSSR count). The summed E-state index contributed by atoms with van der Waals surface area (Å²) in [4.78, 5) is 8.90. The Morgan fingerprint density at radius 2 is 1.94 bits per heavy atom. The highest BCUT2D eigenvalue weighted by Crippen LogP contribution is 2.25. The molecule has 5 heteroatoms. The molecule has 0 aliphatic heterocycles. The van der Waals surface area contributed by atoms with Crippen molar-refractivity contribution in [3.63, 3.8) is 0 Å². The summed E-state index contributed by atoms with van der Waals surface area (Å²) in [5, 5.41) is 3.85. The smallest absolute Gasteiger partial charge is 0.137 e. The topological polar surface area (TPSA) is 37.8 Å². The molecule has 0 aliphatic rings. The van der Waals surface area contributed by atoms with Gasteiger partial charge in [-0.3, -0.25) is 0 Å². The highest BCUT2D eigenvalue weighted by Gasteiger charge is 2.20. The minimum Gasteiger partial charge on any atom is -0.369 e. The Bertz CT molecular complexity index is 388. The van der Waals surface area contributed by atoms with Crippen molar-refractivity contribution >= 4 is 29.2 Å². The van der Waals surface area contributed by atoms with E-state index in [1.54, 1.807) is 11.8 Å². The van der Waals surface area contributed by atoms with Crippen LogP contribution in [0.4, 0.5) is 5.82 Å². The number of nitrogens with one attached hydrogen (secondary N) is 1. The third-order valence-corrected chi connectivity index (χ3v) is 3.34. The molecule has 0 saturated heterocycles. The normalized spacial score (nSPS) is 11.6. The first-order chi connectivity index (χ1) is 7.86. The molecule has 1 N–H and O–H groups in total. The largest absolute Gasteiger partial charge is 0.369 e. The van der Waals surface area contributed by atoms with Gasteiger partial charge in [0, 0.05) is 23.3 Å². The fourth-order valence-corrected chi connectivity index (χ4v) is 1.74. The van der Waals surface area contributed by atoms with Gasteiger partial charge in [-0.1, -0.05) is 32.4 Å². The van der Waals surface area contributed by atoms with Gasteiger partial charge >= 0.3 is 0 Å². The monoisotopic (exact) mass is 273 g/mol. The lowest BCUT2D eigenvalue weighted by Gasteiger charge is -2.19. The zero-order valence-corrected chi connectivity index (χ0v) is 12.7. The second-order valence-corrected chi connectivity index (χ2v) is 6.32. The van der Waals surface area contributed by atoms with E-state index in [0.717, 1.165) is 29.5 Å². The van der Waals surface area contributed by atoms with Gasteiger partial charge in [0.05, 0.1) is 0 Å². The van der Waals surface area contributed by atoms with Gasteiger partial charge in [-0.2, -0.15) is 11.8 Å². The Kier molecular flexibility index (Phi) is 5.07. The summed E-state index contributed by atoms with van der Waals surface area (Å²) in [6.45, 7) is 9.08. The fourth-order valence-electron chi connectivity index (χ4n) is 1.27. The summed E-state index contributed by atoms with van der Waals surface area (Å²) in [5.41, 5.74) is 0.827. The first-order valence-electron chi connectivity index (χ1n) is 5.63. The standard InChI is InChI=1S/C12H20ClN3S/c1-8-9(13)15-11(12(2,3)4)16-10(8)14-6-7-17-5/h6-7H2,1-5H3,(H,14,15,16). The zero-order chi connectivity index (χ0) is 13.1. The average molecular weight is 274 g/mol. The summed E-state index contributed by atoms with van der Waals surface area (Å²) in [7, 11) is 0. The zero-order valence-electron chi connectivity index (χ0n) is 11.1. The first kappa shape index (κ1) is 14.6. The van der Waals surface area contributed by atoms with E-state index in [1.807, 2.05) is 6.92 Å². The van der Waals surface area contributed by atoms with Crippen molar-refractivity contribution in [3.8, 4) is 0 Å². The average Bonchev–Trinajstić information content (AvgIpc) is 2.22. The second kappa shape index (κ2) is 5.91. The number of anilines is 1. The van der Waals surface area contributed by atoms with E-state index in [9.17, 15) is 0 Å². The van der Waals surface area contributed by atoms with Crippen LogP contribution in [0.1, 0.15) is 32.2 Å². The molecule has 1 aromatic rings. The second-order valence-electron chi connectivity index (χ2n) is 4.98. The van der Waals surface area contributed by atoms with Gasteiger partial charge in [0.25, 0.3) is 0 Å². The Morgan fingerprint density at radius 1 is 1.29 bits per heavy atom. The molecule has 17 heavy (non-hydrogen) atoms. The van der Waals surface area contributed by atoms with Crippen molar-refractivity contribution in [3.05, 3.63) is 16.5 Å². The summed E-state index contributed by atoms with van der Waals surface area (Å²) < 4.78 is 0. The number of hydrogen-bond acceptors (Lipinski definition) is 4. The SMILES string of the molecule is CSCCNc1nc(C(C)(C)C)nc(Cl)c1C. The van der Waals surface area contributed by atoms with Crippen LogP contribution in [0.2, 0.25) is 5.15 Å². The van der Waals surface area contributed by atoms with Crippen molar-refractivity contribution in [1.82, 2.24) is 9.97 Å². The number of halogens is 1. The molecule has 0 fully saturated rings. The van der Waals surface area contributed by atoms with Gasteiger partial charge in [0.15, 0.2) is 0 Å². The highest BCUT2D eigenvalue weighted by molar-refractivity contribution is 7.98. The Morgan fingerprint density at radius 3 is 2.47 bits per heavy atom. The van der Waals surface area contributed by atoms with Crippen LogP contribution in [0.3, 0.4) is 0 Å². The highest BCUT2D eigenvalue weighted by atomic mass is 35.5. The summed E-state index contributed by atoms with van der Waals surface area (Å²) in [6, 6.07) is 0. The summed E-state index contributed by atoms with van der Waals surface area (Å²) >= 11 is 7.94. The van der Waals surface area contributed by atoms with Crippen LogP contribution >= 0.6 is 23.4 Å². The molecule has 0 atom stereocenters. The fraction of sp³-hybridized carbons (Fsp3) is 0.667. The molecule has 0 saturated carbocycles. The van der Waals surface area contributed by atoms with Crippen LogP contribution in [0.15, 0.2) is 0 Å². The molecule has 0 unspecified atom stereocenters. The predicted octanol–water partition coefficient (Wildman–Crippen LogP) is 3.51. The minimum atomic E-state index is -0.0900. The molecule has 0 aliphatic carbocycles. The third kappa shape index (κ3) is 4.03. The van der Waals surface area contributed by atoms with E-state index >= 15 is 0 Å². The summed E-state index contributed by atoms with van der Waals surface area (Å²) in [6.07, 6.45) is 2.09. The maximum atomic E-state index is 6.14. The lowest BCUT2D eigenvalue weighted by molar-refractivity contribution is 0.545. The van der Waals surface area contributed by atoms with Crippen molar-refractivity contribution in [2.45, 2.75) is 33.1 Å². The lowest BCUT2D eigenvalue weighted by atomic mass is 9.95. The molecule has 0 amide bonds. The number of thioether (sulfide) groups is 1. The molecule has 0 aromatic carbocycles. The van der Waals surface area contributed by atoms with Crippen molar-refractivity contribution in [2.75, 3.05) is 23.9 Å². The van der Waals surface area contributed by atoms with E-state index in [0.29, 0.717) is 5.15 Å². The maximum Gasteiger partial charge on any atom is 0.137 e. The number of hydrogen-bond donors (Lipinski definition) is 1. The van der Waals surface area contributed by atoms with Crippen LogP contribution < -0.4 is 5.32 Å².